The molecule has 1 saturated heterocycles. The number of pyridine rings is 1. The van der Waals surface area contributed by atoms with Crippen LogP contribution in [0.2, 0.25) is 0 Å². The van der Waals surface area contributed by atoms with E-state index < -0.39 is 0 Å². The van der Waals surface area contributed by atoms with Crippen molar-refractivity contribution in [2.75, 3.05) is 13.6 Å². The lowest BCUT2D eigenvalue weighted by atomic mass is 10.1. The van der Waals surface area contributed by atoms with Gasteiger partial charge in [0, 0.05) is 35.7 Å². The van der Waals surface area contributed by atoms with Crippen molar-refractivity contribution in [2.45, 2.75) is 25.5 Å². The molecule has 168 valence electrons. The molecule has 0 radical (unpaired) electrons. The van der Waals surface area contributed by atoms with E-state index in [-0.39, 0.29) is 36.9 Å². The minimum absolute atomic E-state index is 0. The third-order valence-corrected chi connectivity index (χ3v) is 5.54. The van der Waals surface area contributed by atoms with E-state index in [1.54, 1.807) is 12.4 Å². The summed E-state index contributed by atoms with van der Waals surface area (Å²) in [6.07, 6.45) is 8.88. The molecule has 1 aromatic carbocycles. The Morgan fingerprint density at radius 2 is 1.97 bits per heavy atom. The average Bonchev–Trinajstić information content (AvgIpc) is 3.34. The van der Waals surface area contributed by atoms with E-state index in [4.69, 9.17) is 4.74 Å². The number of imidazole rings is 1. The summed E-state index contributed by atoms with van der Waals surface area (Å²) in [7, 11) is 2.10. The maximum atomic E-state index is 10.3. The Balaban J connectivity index is 0.00000144. The number of nitrogens with zero attached hydrogens (tertiary/aromatic N) is 4. The lowest BCUT2D eigenvalue weighted by Crippen LogP contribution is -2.40. The largest absolute Gasteiger partial charge is 0.492 e. The topological polar surface area (TPSA) is 86.6 Å². The molecular weight excluding hydrogens is 449 g/mol. The summed E-state index contributed by atoms with van der Waals surface area (Å²) in [4.78, 5) is 18.3. The standard InChI is InChI=1S/C23H23N5O2.2ClH/c1-28-12-3-2-6-20(28)30-17-9-7-15(8-10-17)21-26-19(23(29)27-21)13-16-14-25-22-18(16)5-4-11-24-22;;/h4-5,7-11,13-14,20,29H,2-3,6,12H2,1H3,(H,26,27);2*1H. The molecule has 0 bridgehead atoms. The number of benzene rings is 1. The van der Waals surface area contributed by atoms with Gasteiger partial charge in [-0.2, -0.15) is 4.98 Å². The Hall–Kier alpha value is -2.87. The molecule has 0 aliphatic carbocycles. The number of ether oxygens (including phenoxy) is 1. The average molecular weight is 474 g/mol. The highest BCUT2D eigenvalue weighted by Crippen LogP contribution is 2.32. The number of aromatic nitrogens is 3. The molecule has 1 unspecified atom stereocenters. The van der Waals surface area contributed by atoms with Crippen LogP contribution < -0.4 is 4.74 Å². The van der Waals surface area contributed by atoms with Gasteiger partial charge in [0.15, 0.2) is 12.0 Å². The fraction of sp³-hybridized carbons (Fsp3) is 0.261. The highest BCUT2D eigenvalue weighted by atomic mass is 35.5. The van der Waals surface area contributed by atoms with Crippen LogP contribution in [0.1, 0.15) is 30.5 Å². The summed E-state index contributed by atoms with van der Waals surface area (Å²) in [5.74, 6) is 2.07. The second-order valence-electron chi connectivity index (χ2n) is 7.63. The van der Waals surface area contributed by atoms with Crippen LogP contribution in [0.25, 0.3) is 23.0 Å². The van der Waals surface area contributed by atoms with Gasteiger partial charge in [-0.05, 0) is 68.8 Å². The van der Waals surface area contributed by atoms with Crippen molar-refractivity contribution in [3.8, 4) is 23.0 Å². The molecule has 7 nitrogen and oxygen atoms in total. The van der Waals surface area contributed by atoms with Crippen LogP contribution in [-0.2, 0) is 0 Å². The summed E-state index contributed by atoms with van der Waals surface area (Å²) in [6, 6.07) is 11.6. The van der Waals surface area contributed by atoms with Crippen LogP contribution in [0.5, 0.6) is 11.6 Å². The van der Waals surface area contributed by atoms with E-state index in [0.29, 0.717) is 17.3 Å². The van der Waals surface area contributed by atoms with E-state index in [0.717, 1.165) is 35.4 Å². The molecule has 9 heteroatoms. The molecule has 0 saturated carbocycles. The zero-order valence-corrected chi connectivity index (χ0v) is 19.2. The van der Waals surface area contributed by atoms with Crippen LogP contribution in [-0.4, -0.2) is 51.0 Å². The number of H-pyrrole nitrogens is 1. The van der Waals surface area contributed by atoms with Gasteiger partial charge < -0.3 is 14.8 Å². The van der Waals surface area contributed by atoms with Gasteiger partial charge in [-0.15, -0.1) is 24.8 Å². The molecule has 2 aliphatic rings. The van der Waals surface area contributed by atoms with Crippen LogP contribution in [0.4, 0.5) is 5.82 Å². The first-order valence-corrected chi connectivity index (χ1v) is 10.1. The second-order valence-corrected chi connectivity index (χ2v) is 7.63. The molecular formula is C23H25Cl2N5O2. The first-order chi connectivity index (χ1) is 14.7. The maximum Gasteiger partial charge on any atom is 0.237 e. The van der Waals surface area contributed by atoms with E-state index >= 15 is 0 Å². The molecule has 5 rings (SSSR count). The Bertz CT molecular complexity index is 1130. The molecule has 2 aliphatic heterocycles. The number of hydrogen-bond donors (Lipinski definition) is 2. The van der Waals surface area contributed by atoms with E-state index in [9.17, 15) is 5.11 Å². The minimum Gasteiger partial charge on any atom is -0.492 e. The summed E-state index contributed by atoms with van der Waals surface area (Å²) in [5, 5.41) is 10.3. The Kier molecular flexibility index (Phi) is 7.56. The SMILES string of the molecule is CN1CCCCC1Oc1ccc(-c2nc(O)c(C=C3C=Nc4ncccc43)[nH]2)cc1.Cl.Cl. The number of piperidine rings is 1. The Labute approximate surface area is 199 Å². The lowest BCUT2D eigenvalue weighted by molar-refractivity contribution is 0.0151. The number of hydrogen-bond acceptors (Lipinski definition) is 6. The van der Waals surface area contributed by atoms with Crippen LogP contribution in [0, 0.1) is 0 Å². The second kappa shape index (κ2) is 10.2. The van der Waals surface area contributed by atoms with Crippen molar-refractivity contribution >= 4 is 48.5 Å². The first kappa shape index (κ1) is 23.8. The molecule has 0 amide bonds. The summed E-state index contributed by atoms with van der Waals surface area (Å²) >= 11 is 0. The van der Waals surface area contributed by atoms with E-state index in [1.807, 2.05) is 42.5 Å². The fourth-order valence-electron chi connectivity index (χ4n) is 3.85. The lowest BCUT2D eigenvalue weighted by Gasteiger charge is -2.32. The van der Waals surface area contributed by atoms with Gasteiger partial charge in [-0.3, -0.25) is 4.90 Å². The first-order valence-electron chi connectivity index (χ1n) is 10.1. The molecule has 2 N–H and O–H groups in total. The molecule has 1 fully saturated rings. The predicted molar refractivity (Wildman–Crippen MR) is 131 cm³/mol. The number of rotatable bonds is 4. The number of aromatic hydroxyl groups is 1. The van der Waals surface area contributed by atoms with Gasteiger partial charge in [-0.25, -0.2) is 9.98 Å². The molecule has 3 aromatic rings. The Morgan fingerprint density at radius 3 is 2.75 bits per heavy atom. The number of nitrogens with one attached hydrogen (secondary N) is 1. The molecule has 4 heterocycles. The van der Waals surface area contributed by atoms with Gasteiger partial charge in [0.2, 0.25) is 5.88 Å². The van der Waals surface area contributed by atoms with E-state index in [1.165, 1.54) is 12.8 Å². The number of fused-ring (bicyclic) bond motifs is 1. The third kappa shape index (κ3) is 4.80. The third-order valence-electron chi connectivity index (χ3n) is 5.54. The van der Waals surface area contributed by atoms with Gasteiger partial charge >= 0.3 is 0 Å². The smallest absolute Gasteiger partial charge is 0.237 e. The number of halogens is 2. The normalized spacial score (nSPS) is 18.7. The van der Waals surface area contributed by atoms with Crippen molar-refractivity contribution in [1.29, 1.82) is 0 Å². The highest BCUT2D eigenvalue weighted by Gasteiger charge is 2.20. The summed E-state index contributed by atoms with van der Waals surface area (Å²) in [5.41, 5.74) is 3.22. The van der Waals surface area contributed by atoms with Gasteiger partial charge in [-0.1, -0.05) is 0 Å². The molecule has 32 heavy (non-hydrogen) atoms. The summed E-state index contributed by atoms with van der Waals surface area (Å²) in [6.45, 7) is 1.07. The highest BCUT2D eigenvalue weighted by molar-refractivity contribution is 6.20. The maximum absolute atomic E-state index is 10.3. The van der Waals surface area contributed by atoms with Crippen molar-refractivity contribution in [3.63, 3.8) is 0 Å². The van der Waals surface area contributed by atoms with Crippen LogP contribution >= 0.6 is 24.8 Å². The van der Waals surface area contributed by atoms with Crippen molar-refractivity contribution in [2.24, 2.45) is 4.99 Å². The van der Waals surface area contributed by atoms with Crippen molar-refractivity contribution in [1.82, 2.24) is 19.9 Å². The fourth-order valence-corrected chi connectivity index (χ4v) is 3.85. The molecule has 2 aromatic heterocycles. The van der Waals surface area contributed by atoms with Crippen LogP contribution in [0.3, 0.4) is 0 Å². The predicted octanol–water partition coefficient (Wildman–Crippen LogP) is 5.10. The van der Waals surface area contributed by atoms with E-state index in [2.05, 4.69) is 31.9 Å². The van der Waals surface area contributed by atoms with Crippen molar-refractivity contribution in [3.05, 3.63) is 53.9 Å². The number of likely N-dealkylation sites (tertiary alicyclic amines) is 1. The van der Waals surface area contributed by atoms with Gasteiger partial charge in [0.1, 0.15) is 17.3 Å². The number of aromatic amines is 1. The Morgan fingerprint density at radius 1 is 1.16 bits per heavy atom. The quantitative estimate of drug-likeness (QED) is 0.550. The number of allylic oxidation sites excluding steroid dienone is 1. The monoisotopic (exact) mass is 473 g/mol. The molecule has 1 atom stereocenters. The van der Waals surface area contributed by atoms with Gasteiger partial charge in [0.05, 0.1) is 0 Å². The minimum atomic E-state index is -0.0487. The zero-order chi connectivity index (χ0) is 20.5. The number of aliphatic imine (C=N–C) groups is 1. The van der Waals surface area contributed by atoms with Crippen molar-refractivity contribution < 1.29 is 9.84 Å². The zero-order valence-electron chi connectivity index (χ0n) is 17.6. The van der Waals surface area contributed by atoms with Gasteiger partial charge in [0.25, 0.3) is 0 Å². The van der Waals surface area contributed by atoms with Crippen LogP contribution in [0.15, 0.2) is 47.6 Å². The summed E-state index contributed by atoms with van der Waals surface area (Å²) < 4.78 is 6.13. The molecule has 0 spiro atoms.